The maximum Gasteiger partial charge on any atom is 0.244 e. The van der Waals surface area contributed by atoms with Gasteiger partial charge in [-0.05, 0) is 17.7 Å². The van der Waals surface area contributed by atoms with Gasteiger partial charge in [0.15, 0.2) is 0 Å². The molecule has 1 aromatic carbocycles. The van der Waals surface area contributed by atoms with Gasteiger partial charge in [-0.25, -0.2) is 9.67 Å². The van der Waals surface area contributed by atoms with E-state index < -0.39 is 0 Å². The van der Waals surface area contributed by atoms with E-state index in [1.54, 1.807) is 11.0 Å². The van der Waals surface area contributed by atoms with Crippen LogP contribution in [-0.4, -0.2) is 56.7 Å². The van der Waals surface area contributed by atoms with Gasteiger partial charge in [0, 0.05) is 37.7 Å². The van der Waals surface area contributed by atoms with Gasteiger partial charge < -0.3 is 4.90 Å². The maximum atomic E-state index is 12.2. The predicted molar refractivity (Wildman–Crippen MR) is 83.3 cm³/mol. The van der Waals surface area contributed by atoms with Gasteiger partial charge in [0.25, 0.3) is 0 Å². The summed E-state index contributed by atoms with van der Waals surface area (Å²) in [5, 5.41) is 4.73. The molecule has 1 aliphatic heterocycles. The van der Waals surface area contributed by atoms with Crippen molar-refractivity contribution in [2.24, 2.45) is 0 Å². The summed E-state index contributed by atoms with van der Waals surface area (Å²) >= 11 is 6.01. The van der Waals surface area contributed by atoms with Crippen molar-refractivity contribution in [1.82, 2.24) is 24.6 Å². The highest BCUT2D eigenvalue weighted by Crippen LogP contribution is 2.14. The van der Waals surface area contributed by atoms with E-state index in [4.69, 9.17) is 11.6 Å². The molecule has 1 amide bonds. The fourth-order valence-corrected chi connectivity index (χ4v) is 2.81. The first-order valence-corrected chi connectivity index (χ1v) is 7.65. The first-order valence-electron chi connectivity index (χ1n) is 7.28. The lowest BCUT2D eigenvalue weighted by Crippen LogP contribution is -2.49. The second kappa shape index (κ2) is 6.89. The van der Waals surface area contributed by atoms with E-state index >= 15 is 0 Å². The van der Waals surface area contributed by atoms with E-state index in [1.807, 2.05) is 23.1 Å². The van der Waals surface area contributed by atoms with Crippen molar-refractivity contribution < 1.29 is 4.79 Å². The minimum absolute atomic E-state index is 0.0907. The zero-order valence-corrected chi connectivity index (χ0v) is 13.0. The highest BCUT2D eigenvalue weighted by Gasteiger charge is 2.21. The lowest BCUT2D eigenvalue weighted by Gasteiger charge is -2.34. The molecule has 0 aliphatic carbocycles. The average molecular weight is 320 g/mol. The molecule has 116 valence electrons. The number of halogens is 1. The Morgan fingerprint density at radius 3 is 2.73 bits per heavy atom. The normalized spacial score (nSPS) is 16.0. The van der Waals surface area contributed by atoms with Gasteiger partial charge in [0.2, 0.25) is 5.91 Å². The first-order chi connectivity index (χ1) is 10.7. The largest absolute Gasteiger partial charge is 0.339 e. The summed E-state index contributed by atoms with van der Waals surface area (Å²) in [5.74, 6) is 0.0907. The van der Waals surface area contributed by atoms with Gasteiger partial charge in [-0.2, -0.15) is 5.10 Å². The van der Waals surface area contributed by atoms with Crippen molar-refractivity contribution in [2.45, 2.75) is 13.1 Å². The van der Waals surface area contributed by atoms with Crippen LogP contribution in [0.2, 0.25) is 5.02 Å². The summed E-state index contributed by atoms with van der Waals surface area (Å²) in [6.45, 7) is 4.35. The van der Waals surface area contributed by atoms with Crippen molar-refractivity contribution in [3.05, 3.63) is 47.5 Å². The Morgan fingerprint density at radius 1 is 1.23 bits per heavy atom. The van der Waals surface area contributed by atoms with Gasteiger partial charge in [-0.15, -0.1) is 0 Å². The Hall–Kier alpha value is -1.92. The quantitative estimate of drug-likeness (QED) is 0.852. The molecule has 1 aliphatic rings. The van der Waals surface area contributed by atoms with Crippen molar-refractivity contribution in [2.75, 3.05) is 26.2 Å². The van der Waals surface area contributed by atoms with Crippen molar-refractivity contribution in [3.8, 4) is 0 Å². The second-order valence-corrected chi connectivity index (χ2v) is 5.82. The molecule has 6 nitrogen and oxygen atoms in total. The number of hydrogen-bond acceptors (Lipinski definition) is 4. The number of carbonyl (C=O) groups excluding carboxylic acids is 1. The summed E-state index contributed by atoms with van der Waals surface area (Å²) in [4.78, 5) is 20.2. The zero-order valence-electron chi connectivity index (χ0n) is 12.2. The monoisotopic (exact) mass is 319 g/mol. The molecule has 0 N–H and O–H groups in total. The number of aromatic nitrogens is 3. The van der Waals surface area contributed by atoms with E-state index in [0.29, 0.717) is 0 Å². The molecule has 0 radical (unpaired) electrons. The van der Waals surface area contributed by atoms with E-state index in [-0.39, 0.29) is 12.5 Å². The summed E-state index contributed by atoms with van der Waals surface area (Å²) < 4.78 is 1.56. The van der Waals surface area contributed by atoms with Gasteiger partial charge in [-0.1, -0.05) is 23.7 Å². The van der Waals surface area contributed by atoms with Crippen LogP contribution in [0, 0.1) is 0 Å². The number of piperazine rings is 1. The molecule has 0 atom stereocenters. The number of benzene rings is 1. The van der Waals surface area contributed by atoms with Crippen LogP contribution >= 0.6 is 11.6 Å². The summed E-state index contributed by atoms with van der Waals surface area (Å²) in [7, 11) is 0. The van der Waals surface area contributed by atoms with Crippen molar-refractivity contribution in [1.29, 1.82) is 0 Å². The molecule has 2 aromatic rings. The predicted octanol–water partition coefficient (Wildman–Crippen LogP) is 1.28. The van der Waals surface area contributed by atoms with Gasteiger partial charge in [0.05, 0.1) is 0 Å². The molecule has 7 heteroatoms. The number of amides is 1. The lowest BCUT2D eigenvalue weighted by atomic mass is 10.2. The maximum absolute atomic E-state index is 12.2. The molecule has 0 unspecified atom stereocenters. The van der Waals surface area contributed by atoms with Crippen LogP contribution in [0.25, 0.3) is 0 Å². The SMILES string of the molecule is O=C(Cn1cncn1)N1CCN(Cc2cccc(Cl)c2)CC1. The number of hydrogen-bond donors (Lipinski definition) is 0. The van der Waals surface area contributed by atoms with Crippen molar-refractivity contribution >= 4 is 17.5 Å². The minimum atomic E-state index is 0.0907. The molecule has 0 saturated carbocycles. The van der Waals surface area contributed by atoms with Crippen LogP contribution in [0.5, 0.6) is 0 Å². The topological polar surface area (TPSA) is 54.3 Å². The Morgan fingerprint density at radius 2 is 2.05 bits per heavy atom. The zero-order chi connectivity index (χ0) is 15.4. The standard InChI is InChI=1S/C15H18ClN5O/c16-14-3-1-2-13(8-14)9-19-4-6-20(7-5-19)15(22)10-21-12-17-11-18-21/h1-3,8,11-12H,4-7,9-10H2. The highest BCUT2D eigenvalue weighted by atomic mass is 35.5. The third kappa shape index (κ3) is 3.84. The number of carbonyl (C=O) groups is 1. The third-order valence-electron chi connectivity index (χ3n) is 3.78. The number of rotatable bonds is 4. The molecular weight excluding hydrogens is 302 g/mol. The smallest absolute Gasteiger partial charge is 0.244 e. The Kier molecular flexibility index (Phi) is 4.70. The van der Waals surface area contributed by atoms with E-state index in [2.05, 4.69) is 21.0 Å². The average Bonchev–Trinajstić information content (AvgIpc) is 3.01. The summed E-state index contributed by atoms with van der Waals surface area (Å²) in [6.07, 6.45) is 3.00. The Bertz CT molecular complexity index is 623. The Labute approximate surface area is 134 Å². The van der Waals surface area contributed by atoms with Gasteiger partial charge in [-0.3, -0.25) is 9.69 Å². The van der Waals surface area contributed by atoms with E-state index in [1.165, 1.54) is 11.9 Å². The highest BCUT2D eigenvalue weighted by molar-refractivity contribution is 6.30. The van der Waals surface area contributed by atoms with Crippen LogP contribution in [0.1, 0.15) is 5.56 Å². The molecule has 1 aromatic heterocycles. The lowest BCUT2D eigenvalue weighted by molar-refractivity contribution is -0.133. The third-order valence-corrected chi connectivity index (χ3v) is 4.02. The fourth-order valence-electron chi connectivity index (χ4n) is 2.60. The van der Waals surface area contributed by atoms with E-state index in [9.17, 15) is 4.79 Å². The molecule has 3 rings (SSSR count). The number of nitrogens with zero attached hydrogens (tertiary/aromatic N) is 5. The summed E-state index contributed by atoms with van der Waals surface area (Å²) in [5.41, 5.74) is 1.20. The van der Waals surface area contributed by atoms with Crippen LogP contribution < -0.4 is 0 Å². The van der Waals surface area contributed by atoms with Gasteiger partial charge >= 0.3 is 0 Å². The molecule has 0 bridgehead atoms. The molecule has 1 fully saturated rings. The first kappa shape index (κ1) is 15.0. The fraction of sp³-hybridized carbons (Fsp3) is 0.400. The minimum Gasteiger partial charge on any atom is -0.339 e. The van der Waals surface area contributed by atoms with Crippen LogP contribution in [0.4, 0.5) is 0 Å². The van der Waals surface area contributed by atoms with Gasteiger partial charge in [0.1, 0.15) is 19.2 Å². The Balaban J connectivity index is 1.49. The molecule has 22 heavy (non-hydrogen) atoms. The van der Waals surface area contributed by atoms with Crippen molar-refractivity contribution in [3.63, 3.8) is 0 Å². The van der Waals surface area contributed by atoms with Crippen LogP contribution in [-0.2, 0) is 17.9 Å². The van der Waals surface area contributed by atoms with Crippen LogP contribution in [0.15, 0.2) is 36.9 Å². The molecular formula is C15H18ClN5O. The molecule has 1 saturated heterocycles. The van der Waals surface area contributed by atoms with Crippen LogP contribution in [0.3, 0.4) is 0 Å². The second-order valence-electron chi connectivity index (χ2n) is 5.38. The summed E-state index contributed by atoms with van der Waals surface area (Å²) in [6, 6.07) is 7.92. The molecule has 2 heterocycles. The van der Waals surface area contributed by atoms with E-state index in [0.717, 1.165) is 37.7 Å². The molecule has 0 spiro atoms.